The van der Waals surface area contributed by atoms with Crippen LogP contribution in [0.15, 0.2) is 35.9 Å². The van der Waals surface area contributed by atoms with Crippen molar-refractivity contribution in [2.75, 3.05) is 19.0 Å². The molecule has 0 saturated heterocycles. The maximum absolute atomic E-state index is 12.6. The highest BCUT2D eigenvalue weighted by Gasteiger charge is 2.16. The molecule has 176 valence electrons. The van der Waals surface area contributed by atoms with Gasteiger partial charge in [-0.15, -0.1) is 0 Å². The van der Waals surface area contributed by atoms with Crippen molar-refractivity contribution in [2.45, 2.75) is 53.2 Å². The van der Waals surface area contributed by atoms with Crippen LogP contribution in [0.4, 0.5) is 10.5 Å². The molecule has 0 radical (unpaired) electrons. The molecule has 0 aliphatic carbocycles. The molecule has 33 heavy (non-hydrogen) atoms. The van der Waals surface area contributed by atoms with Crippen LogP contribution in [0.5, 0.6) is 0 Å². The van der Waals surface area contributed by atoms with E-state index in [-0.39, 0.29) is 30.2 Å². The molecule has 0 spiro atoms. The van der Waals surface area contributed by atoms with E-state index in [1.54, 1.807) is 25.3 Å². The molecule has 0 bridgehead atoms. The third-order valence-corrected chi connectivity index (χ3v) is 5.12. The van der Waals surface area contributed by atoms with Crippen LogP contribution >= 0.6 is 0 Å². The Morgan fingerprint density at radius 2 is 1.85 bits per heavy atom. The van der Waals surface area contributed by atoms with Gasteiger partial charge in [0.2, 0.25) is 0 Å². The minimum Gasteiger partial charge on any atom is -0.383 e. The molecule has 8 heteroatoms. The number of nitrogens with one attached hydrogen (secondary N) is 3. The molecule has 1 aromatic heterocycles. The highest BCUT2D eigenvalue weighted by atomic mass is 16.5. The summed E-state index contributed by atoms with van der Waals surface area (Å²) in [7, 11) is 1.66. The molecule has 0 saturated carbocycles. The summed E-state index contributed by atoms with van der Waals surface area (Å²) in [6.07, 6.45) is 1.62. The van der Waals surface area contributed by atoms with Crippen molar-refractivity contribution >= 4 is 23.7 Å². The van der Waals surface area contributed by atoms with Crippen LogP contribution in [0.25, 0.3) is 6.08 Å². The second-order valence-electron chi connectivity index (χ2n) is 8.30. The van der Waals surface area contributed by atoms with Crippen LogP contribution < -0.4 is 16.0 Å². The Hall–Kier alpha value is -3.57. The van der Waals surface area contributed by atoms with Crippen LogP contribution in [0.2, 0.25) is 0 Å². The molecular formula is C25H33N5O3. The van der Waals surface area contributed by atoms with E-state index in [0.717, 1.165) is 22.5 Å². The van der Waals surface area contributed by atoms with E-state index < -0.39 is 5.91 Å². The van der Waals surface area contributed by atoms with Crippen molar-refractivity contribution in [3.05, 3.63) is 58.4 Å². The number of ether oxygens (including phenoxy) is 1. The molecule has 8 nitrogen and oxygen atoms in total. The predicted molar refractivity (Wildman–Crippen MR) is 130 cm³/mol. The van der Waals surface area contributed by atoms with E-state index in [1.165, 1.54) is 0 Å². The van der Waals surface area contributed by atoms with Crippen LogP contribution in [0.3, 0.4) is 0 Å². The maximum Gasteiger partial charge on any atom is 0.319 e. The first-order valence-corrected chi connectivity index (χ1v) is 10.9. The van der Waals surface area contributed by atoms with Crippen molar-refractivity contribution in [1.29, 1.82) is 5.26 Å². The van der Waals surface area contributed by atoms with Gasteiger partial charge in [-0.2, -0.15) is 5.26 Å². The van der Waals surface area contributed by atoms with E-state index in [4.69, 9.17) is 4.74 Å². The van der Waals surface area contributed by atoms with E-state index in [1.807, 2.05) is 52.0 Å². The lowest BCUT2D eigenvalue weighted by Crippen LogP contribution is -2.34. The zero-order valence-corrected chi connectivity index (χ0v) is 20.2. The number of nitriles is 1. The summed E-state index contributed by atoms with van der Waals surface area (Å²) in [5.74, 6) is -0.439. The summed E-state index contributed by atoms with van der Waals surface area (Å²) >= 11 is 0. The zero-order chi connectivity index (χ0) is 24.5. The van der Waals surface area contributed by atoms with Gasteiger partial charge in [-0.3, -0.25) is 4.79 Å². The Morgan fingerprint density at radius 3 is 2.42 bits per heavy atom. The molecule has 0 aliphatic heterocycles. The van der Waals surface area contributed by atoms with E-state index in [2.05, 4.69) is 27.4 Å². The highest BCUT2D eigenvalue weighted by molar-refractivity contribution is 6.01. The molecule has 1 heterocycles. The first-order chi connectivity index (χ1) is 15.7. The minimum absolute atomic E-state index is 0.0401. The summed E-state index contributed by atoms with van der Waals surface area (Å²) in [6.45, 7) is 10.6. The lowest BCUT2D eigenvalue weighted by molar-refractivity contribution is -0.117. The number of anilines is 1. The zero-order valence-electron chi connectivity index (χ0n) is 20.2. The van der Waals surface area contributed by atoms with Gasteiger partial charge in [-0.25, -0.2) is 4.79 Å². The van der Waals surface area contributed by atoms with Crippen LogP contribution in [0.1, 0.15) is 49.3 Å². The van der Waals surface area contributed by atoms with E-state index >= 15 is 0 Å². The molecule has 2 rings (SSSR count). The van der Waals surface area contributed by atoms with Gasteiger partial charge in [0.05, 0.1) is 12.6 Å². The largest absolute Gasteiger partial charge is 0.383 e. The number of hydrogen-bond donors (Lipinski definition) is 3. The van der Waals surface area contributed by atoms with Crippen LogP contribution in [-0.2, 0) is 16.1 Å². The van der Waals surface area contributed by atoms with Crippen molar-refractivity contribution < 1.29 is 14.3 Å². The lowest BCUT2D eigenvalue weighted by Gasteiger charge is -2.17. The summed E-state index contributed by atoms with van der Waals surface area (Å²) in [6, 6.07) is 11.0. The average molecular weight is 452 g/mol. The van der Waals surface area contributed by atoms with Gasteiger partial charge in [0, 0.05) is 36.8 Å². The third-order valence-electron chi connectivity index (χ3n) is 5.12. The second-order valence-corrected chi connectivity index (χ2v) is 8.30. The van der Waals surface area contributed by atoms with Crippen molar-refractivity contribution in [1.82, 2.24) is 15.2 Å². The van der Waals surface area contributed by atoms with Gasteiger partial charge in [0.15, 0.2) is 0 Å². The van der Waals surface area contributed by atoms with Crippen molar-refractivity contribution in [2.24, 2.45) is 0 Å². The SMILES string of the molecule is COCC(C)n1c(C)cc(/C=C(/C#N)C(=O)NCc2ccc(NC(=O)NC(C)C)cc2)c1C. The second kappa shape index (κ2) is 11.9. The molecule has 3 N–H and O–H groups in total. The fourth-order valence-corrected chi connectivity index (χ4v) is 3.66. The molecule has 1 aromatic carbocycles. The molecule has 1 unspecified atom stereocenters. The number of rotatable bonds is 9. The van der Waals surface area contributed by atoms with Gasteiger partial charge < -0.3 is 25.3 Å². The predicted octanol–water partition coefficient (Wildman–Crippen LogP) is 4.07. The quantitative estimate of drug-likeness (QED) is 0.394. The van der Waals surface area contributed by atoms with Gasteiger partial charge >= 0.3 is 6.03 Å². The van der Waals surface area contributed by atoms with Gasteiger partial charge in [0.1, 0.15) is 11.6 Å². The Kier molecular flexibility index (Phi) is 9.25. The monoisotopic (exact) mass is 451 g/mol. The van der Waals surface area contributed by atoms with Crippen molar-refractivity contribution in [3.63, 3.8) is 0 Å². The minimum atomic E-state index is -0.439. The number of nitrogens with zero attached hydrogens (tertiary/aromatic N) is 2. The molecule has 3 amide bonds. The molecule has 1 atom stereocenters. The van der Waals surface area contributed by atoms with E-state index in [9.17, 15) is 14.9 Å². The van der Waals surface area contributed by atoms with Crippen molar-refractivity contribution in [3.8, 4) is 6.07 Å². The molecule has 2 aromatic rings. The highest BCUT2D eigenvalue weighted by Crippen LogP contribution is 2.23. The van der Waals surface area contributed by atoms with Gasteiger partial charge in [-0.1, -0.05) is 12.1 Å². The summed E-state index contributed by atoms with van der Waals surface area (Å²) < 4.78 is 7.39. The number of amides is 3. The Bertz CT molecular complexity index is 1050. The summed E-state index contributed by atoms with van der Waals surface area (Å²) in [5, 5.41) is 17.8. The Morgan fingerprint density at radius 1 is 1.18 bits per heavy atom. The Labute approximate surface area is 195 Å². The average Bonchev–Trinajstić information content (AvgIpc) is 3.03. The van der Waals surface area contributed by atoms with Crippen LogP contribution in [0, 0.1) is 25.2 Å². The Balaban J connectivity index is 2.04. The first-order valence-electron chi connectivity index (χ1n) is 10.9. The fraction of sp³-hybridized carbons (Fsp3) is 0.400. The molecule has 0 fully saturated rings. The number of aromatic nitrogens is 1. The number of hydrogen-bond acceptors (Lipinski definition) is 4. The third kappa shape index (κ3) is 7.22. The first kappa shape index (κ1) is 25.7. The summed E-state index contributed by atoms with van der Waals surface area (Å²) in [4.78, 5) is 24.4. The topological polar surface area (TPSA) is 108 Å². The maximum atomic E-state index is 12.6. The number of urea groups is 1. The number of benzene rings is 1. The normalized spacial score (nSPS) is 12.2. The number of methoxy groups -OCH3 is 1. The number of carbonyl (C=O) groups excluding carboxylic acids is 2. The van der Waals surface area contributed by atoms with Crippen LogP contribution in [-0.4, -0.2) is 36.3 Å². The number of aryl methyl sites for hydroxylation is 1. The van der Waals surface area contributed by atoms with Gasteiger partial charge in [-0.05, 0) is 70.0 Å². The molecular weight excluding hydrogens is 418 g/mol. The van der Waals surface area contributed by atoms with Gasteiger partial charge in [0.25, 0.3) is 5.91 Å². The fourth-order valence-electron chi connectivity index (χ4n) is 3.66. The number of carbonyl (C=O) groups is 2. The standard InChI is InChI=1S/C25H33N5O3/c1-16(2)28-25(32)29-23-9-7-20(8-10-23)14-27-24(31)22(13-26)12-21-11-17(3)30(19(21)5)18(4)15-33-6/h7-12,16,18H,14-15H2,1-6H3,(H,27,31)(H2,28,29,32)/b22-12-. The van der Waals surface area contributed by atoms with E-state index in [0.29, 0.717) is 12.3 Å². The summed E-state index contributed by atoms with van der Waals surface area (Å²) in [5.41, 5.74) is 4.38. The smallest absolute Gasteiger partial charge is 0.319 e. The molecule has 0 aliphatic rings. The lowest BCUT2D eigenvalue weighted by atomic mass is 10.1.